The van der Waals surface area contributed by atoms with E-state index in [1.807, 2.05) is 29.1 Å². The molecule has 1 aromatic carbocycles. The Hall–Kier alpha value is -2.14. The number of hydrogen-bond donors (Lipinski definition) is 0. The van der Waals surface area contributed by atoms with Crippen LogP contribution in [-0.4, -0.2) is 44.6 Å². The molecule has 0 unspecified atom stereocenters. The highest BCUT2D eigenvalue weighted by molar-refractivity contribution is 5.80. The molecular weight excluding hydrogens is 312 g/mol. The Labute approximate surface area is 149 Å². The van der Waals surface area contributed by atoms with Crippen LogP contribution in [0.2, 0.25) is 0 Å². The average molecular weight is 338 g/mol. The van der Waals surface area contributed by atoms with E-state index in [0.717, 1.165) is 45.6 Å². The van der Waals surface area contributed by atoms with Gasteiger partial charge >= 0.3 is 0 Å². The van der Waals surface area contributed by atoms with Gasteiger partial charge < -0.3 is 4.90 Å². The second-order valence-corrected chi connectivity index (χ2v) is 7.28. The monoisotopic (exact) mass is 338 g/mol. The molecule has 0 radical (unpaired) electrons. The van der Waals surface area contributed by atoms with Crippen LogP contribution in [0.3, 0.4) is 0 Å². The van der Waals surface area contributed by atoms with Gasteiger partial charge in [-0.25, -0.2) is 0 Å². The predicted molar refractivity (Wildman–Crippen MR) is 96.7 cm³/mol. The van der Waals surface area contributed by atoms with Crippen molar-refractivity contribution in [1.82, 2.24) is 19.6 Å². The SMILES string of the molecule is CCn1cc(CN2C[C@H]3CC[C@@H](C2)N(Cc2ccccc2)C3=O)cn1. The lowest BCUT2D eigenvalue weighted by Gasteiger charge is -2.36. The lowest BCUT2D eigenvalue weighted by Crippen LogP contribution is -2.47. The van der Waals surface area contributed by atoms with E-state index >= 15 is 0 Å². The van der Waals surface area contributed by atoms with Crippen LogP contribution < -0.4 is 0 Å². The van der Waals surface area contributed by atoms with Crippen molar-refractivity contribution in [2.45, 2.75) is 45.4 Å². The Morgan fingerprint density at radius 3 is 2.68 bits per heavy atom. The van der Waals surface area contributed by atoms with Gasteiger partial charge in [-0.15, -0.1) is 0 Å². The number of rotatable bonds is 5. The molecular formula is C20H26N4O. The minimum atomic E-state index is 0.142. The molecule has 1 amide bonds. The van der Waals surface area contributed by atoms with E-state index < -0.39 is 0 Å². The van der Waals surface area contributed by atoms with Gasteiger partial charge in [-0.05, 0) is 25.3 Å². The van der Waals surface area contributed by atoms with Gasteiger partial charge in [-0.2, -0.15) is 5.10 Å². The number of aromatic nitrogens is 2. The summed E-state index contributed by atoms with van der Waals surface area (Å²) in [5, 5.41) is 4.38. The van der Waals surface area contributed by atoms with E-state index in [1.54, 1.807) is 0 Å². The van der Waals surface area contributed by atoms with Crippen molar-refractivity contribution in [3.8, 4) is 0 Å². The number of aryl methyl sites for hydroxylation is 1. The van der Waals surface area contributed by atoms with E-state index in [0.29, 0.717) is 11.9 Å². The van der Waals surface area contributed by atoms with Crippen LogP contribution in [0, 0.1) is 5.92 Å². The minimum absolute atomic E-state index is 0.142. The number of nitrogens with zero attached hydrogens (tertiary/aromatic N) is 4. The molecule has 3 aliphatic rings. The summed E-state index contributed by atoms with van der Waals surface area (Å²) in [5.41, 5.74) is 2.46. The summed E-state index contributed by atoms with van der Waals surface area (Å²) in [6, 6.07) is 10.7. The molecule has 2 aromatic rings. The second kappa shape index (κ2) is 7.00. The molecule has 5 nitrogen and oxygen atoms in total. The lowest BCUT2D eigenvalue weighted by molar-refractivity contribution is -0.140. The zero-order chi connectivity index (χ0) is 17.2. The van der Waals surface area contributed by atoms with Gasteiger partial charge in [-0.1, -0.05) is 30.3 Å². The molecule has 1 aromatic heterocycles. The number of carbonyl (C=O) groups is 1. The average Bonchev–Trinajstić information content (AvgIpc) is 2.93. The van der Waals surface area contributed by atoms with E-state index in [9.17, 15) is 4.79 Å². The summed E-state index contributed by atoms with van der Waals surface area (Å²) in [6.07, 6.45) is 6.23. The van der Waals surface area contributed by atoms with E-state index in [4.69, 9.17) is 0 Å². The Kier molecular flexibility index (Phi) is 4.57. The Balaban J connectivity index is 1.48. The molecule has 4 heterocycles. The van der Waals surface area contributed by atoms with Crippen molar-refractivity contribution in [2.24, 2.45) is 5.92 Å². The molecule has 0 spiro atoms. The number of piperidine rings is 1. The summed E-state index contributed by atoms with van der Waals surface area (Å²) >= 11 is 0. The fourth-order valence-corrected chi connectivity index (χ4v) is 4.17. The Bertz CT molecular complexity index is 726. The van der Waals surface area contributed by atoms with Gasteiger partial charge in [0.1, 0.15) is 0 Å². The maximum Gasteiger partial charge on any atom is 0.227 e. The maximum absolute atomic E-state index is 12.9. The van der Waals surface area contributed by atoms with Crippen molar-refractivity contribution in [3.63, 3.8) is 0 Å². The summed E-state index contributed by atoms with van der Waals surface area (Å²) in [4.78, 5) is 17.5. The van der Waals surface area contributed by atoms with Crippen LogP contribution >= 0.6 is 0 Å². The summed E-state index contributed by atoms with van der Waals surface area (Å²) in [7, 11) is 0. The number of benzene rings is 1. The van der Waals surface area contributed by atoms with E-state index in [1.165, 1.54) is 11.1 Å². The molecule has 0 saturated carbocycles. The second-order valence-electron chi connectivity index (χ2n) is 7.28. The molecule has 132 valence electrons. The normalized spacial score (nSPS) is 23.9. The van der Waals surface area contributed by atoms with Crippen LogP contribution in [0.4, 0.5) is 0 Å². The highest BCUT2D eigenvalue weighted by atomic mass is 16.2. The fourth-order valence-electron chi connectivity index (χ4n) is 4.17. The van der Waals surface area contributed by atoms with Gasteiger partial charge in [0, 0.05) is 50.5 Å². The molecule has 3 saturated heterocycles. The molecule has 3 aliphatic heterocycles. The third-order valence-corrected chi connectivity index (χ3v) is 5.48. The molecule has 3 fully saturated rings. The van der Waals surface area contributed by atoms with Gasteiger partial charge in [0.2, 0.25) is 5.91 Å². The first-order chi connectivity index (χ1) is 12.2. The molecule has 2 atom stereocenters. The van der Waals surface area contributed by atoms with Crippen molar-refractivity contribution in [2.75, 3.05) is 13.1 Å². The first-order valence-corrected chi connectivity index (χ1v) is 9.31. The molecule has 0 N–H and O–H groups in total. The predicted octanol–water partition coefficient (Wildman–Crippen LogP) is 2.53. The van der Waals surface area contributed by atoms with Crippen molar-refractivity contribution in [3.05, 3.63) is 53.9 Å². The molecule has 0 aliphatic carbocycles. The summed E-state index contributed by atoms with van der Waals surface area (Å²) in [6.45, 7) is 6.46. The quantitative estimate of drug-likeness (QED) is 0.841. The summed E-state index contributed by atoms with van der Waals surface area (Å²) < 4.78 is 1.97. The van der Waals surface area contributed by atoms with E-state index in [2.05, 4.69) is 40.2 Å². The highest BCUT2D eigenvalue weighted by Crippen LogP contribution is 2.31. The molecule has 5 rings (SSSR count). The van der Waals surface area contributed by atoms with Crippen molar-refractivity contribution < 1.29 is 4.79 Å². The van der Waals surface area contributed by atoms with Gasteiger partial charge in [0.25, 0.3) is 0 Å². The standard InChI is InChI=1S/C20H26N4O/c1-2-23-12-17(10-21-23)11-22-14-18-8-9-19(15-22)24(20(18)25)13-16-6-4-3-5-7-16/h3-7,10,12,18-19H,2,8-9,11,13-15H2,1H3/t18-,19+/m1/s1. The first kappa shape index (κ1) is 16.3. The van der Waals surface area contributed by atoms with Crippen LogP contribution in [0.15, 0.2) is 42.7 Å². The van der Waals surface area contributed by atoms with Crippen LogP contribution in [0.25, 0.3) is 0 Å². The van der Waals surface area contributed by atoms with E-state index in [-0.39, 0.29) is 5.92 Å². The Morgan fingerprint density at radius 2 is 1.92 bits per heavy atom. The highest BCUT2D eigenvalue weighted by Gasteiger charge is 2.40. The number of fused-ring (bicyclic) bond motifs is 4. The third-order valence-electron chi connectivity index (χ3n) is 5.48. The third kappa shape index (κ3) is 3.47. The molecule has 25 heavy (non-hydrogen) atoms. The Morgan fingerprint density at radius 1 is 1.08 bits per heavy atom. The van der Waals surface area contributed by atoms with Crippen molar-refractivity contribution >= 4 is 5.91 Å². The molecule has 2 bridgehead atoms. The number of carbonyl (C=O) groups excluding carboxylic acids is 1. The van der Waals surface area contributed by atoms with Crippen LogP contribution in [0.1, 0.15) is 30.9 Å². The minimum Gasteiger partial charge on any atom is -0.334 e. The number of hydrogen-bond acceptors (Lipinski definition) is 3. The zero-order valence-electron chi connectivity index (χ0n) is 14.8. The zero-order valence-corrected chi connectivity index (χ0v) is 14.8. The van der Waals surface area contributed by atoms with Crippen molar-refractivity contribution in [1.29, 1.82) is 0 Å². The summed E-state index contributed by atoms with van der Waals surface area (Å²) in [5.74, 6) is 0.482. The lowest BCUT2D eigenvalue weighted by atomic mass is 9.93. The topological polar surface area (TPSA) is 41.4 Å². The first-order valence-electron chi connectivity index (χ1n) is 9.31. The van der Waals surface area contributed by atoms with Crippen LogP contribution in [-0.2, 0) is 24.4 Å². The smallest absolute Gasteiger partial charge is 0.227 e. The van der Waals surface area contributed by atoms with Crippen LogP contribution in [0.5, 0.6) is 0 Å². The van der Waals surface area contributed by atoms with Gasteiger partial charge in [0.05, 0.1) is 12.1 Å². The largest absolute Gasteiger partial charge is 0.334 e. The molecule has 5 heteroatoms. The van der Waals surface area contributed by atoms with Gasteiger partial charge in [-0.3, -0.25) is 14.4 Å². The fraction of sp³-hybridized carbons (Fsp3) is 0.500. The number of amides is 1. The maximum atomic E-state index is 12.9. The van der Waals surface area contributed by atoms with Gasteiger partial charge in [0.15, 0.2) is 0 Å².